The Balaban J connectivity index is 2.09. The zero-order valence-corrected chi connectivity index (χ0v) is 13.0. The number of nitrogens with zero attached hydrogens (tertiary/aromatic N) is 3. The Labute approximate surface area is 123 Å². The number of carbonyl (C=O) groups excluding carboxylic acids is 1. The summed E-state index contributed by atoms with van der Waals surface area (Å²) in [7, 11) is 3.50. The lowest BCUT2D eigenvalue weighted by atomic mass is 10.2. The number of aromatic nitrogens is 2. The van der Waals surface area contributed by atoms with E-state index in [9.17, 15) is 4.79 Å². The Bertz CT molecular complexity index is 587. The second kappa shape index (κ2) is 6.12. The lowest BCUT2D eigenvalue weighted by molar-refractivity contribution is 0.0783. The van der Waals surface area contributed by atoms with Gasteiger partial charge in [-0.2, -0.15) is 0 Å². The van der Waals surface area contributed by atoms with E-state index in [1.807, 2.05) is 24.3 Å². The van der Waals surface area contributed by atoms with Crippen molar-refractivity contribution in [2.24, 2.45) is 0 Å². The molecular weight excluding hydrogens is 328 g/mol. The van der Waals surface area contributed by atoms with Crippen molar-refractivity contribution in [3.05, 3.63) is 39.3 Å². The summed E-state index contributed by atoms with van der Waals surface area (Å²) in [4.78, 5) is 13.8. The summed E-state index contributed by atoms with van der Waals surface area (Å²) < 4.78 is 0.989. The second-order valence-electron chi connectivity index (χ2n) is 3.91. The lowest BCUT2D eigenvalue weighted by Gasteiger charge is -2.16. The minimum absolute atomic E-state index is 0.130. The second-order valence-corrected chi connectivity index (χ2v) is 5.75. The van der Waals surface area contributed by atoms with Crippen LogP contribution in [0.25, 0.3) is 0 Å². The van der Waals surface area contributed by atoms with Gasteiger partial charge in [-0.25, -0.2) is 0 Å². The molecule has 19 heavy (non-hydrogen) atoms. The van der Waals surface area contributed by atoms with Gasteiger partial charge in [0.25, 0.3) is 5.91 Å². The molecule has 1 aromatic heterocycles. The van der Waals surface area contributed by atoms with Crippen molar-refractivity contribution < 1.29 is 4.79 Å². The van der Waals surface area contributed by atoms with Crippen molar-refractivity contribution in [3.63, 3.8) is 0 Å². The highest BCUT2D eigenvalue weighted by Gasteiger charge is 2.17. The van der Waals surface area contributed by atoms with Gasteiger partial charge in [0.1, 0.15) is 0 Å². The zero-order valence-electron chi connectivity index (χ0n) is 10.6. The molecule has 0 aliphatic rings. The fraction of sp³-hybridized carbons (Fsp3) is 0.250. The number of carbonyl (C=O) groups is 1. The van der Waals surface area contributed by atoms with Crippen molar-refractivity contribution in [1.29, 1.82) is 0 Å². The molecule has 2 rings (SSSR count). The summed E-state index contributed by atoms with van der Waals surface area (Å²) in [6.07, 6.45) is 0. The van der Waals surface area contributed by atoms with Gasteiger partial charge in [-0.3, -0.25) is 4.79 Å². The van der Waals surface area contributed by atoms with E-state index in [1.165, 1.54) is 11.3 Å². The van der Waals surface area contributed by atoms with E-state index in [-0.39, 0.29) is 5.91 Å². The summed E-state index contributed by atoms with van der Waals surface area (Å²) >= 11 is 4.72. The highest BCUT2D eigenvalue weighted by atomic mass is 79.9. The minimum atomic E-state index is -0.130. The van der Waals surface area contributed by atoms with Gasteiger partial charge in [-0.15, -0.1) is 10.2 Å². The number of halogens is 1. The predicted octanol–water partition coefficient (Wildman–Crippen LogP) is 2.61. The summed E-state index contributed by atoms with van der Waals surface area (Å²) in [6.45, 7) is 0.523. The number of anilines is 1. The molecule has 0 aliphatic carbocycles. The topological polar surface area (TPSA) is 58.1 Å². The van der Waals surface area contributed by atoms with E-state index in [2.05, 4.69) is 31.4 Å². The molecule has 2 aromatic rings. The third kappa shape index (κ3) is 3.30. The average Bonchev–Trinajstić information content (AvgIpc) is 2.89. The van der Waals surface area contributed by atoms with Crippen LogP contribution in [0.4, 0.5) is 5.13 Å². The molecule has 0 bridgehead atoms. The van der Waals surface area contributed by atoms with Crippen LogP contribution in [-0.2, 0) is 6.54 Å². The van der Waals surface area contributed by atoms with E-state index in [0.29, 0.717) is 16.7 Å². The van der Waals surface area contributed by atoms with Crippen LogP contribution in [0.1, 0.15) is 15.4 Å². The van der Waals surface area contributed by atoms with Crippen LogP contribution in [0.2, 0.25) is 0 Å². The number of nitrogens with one attached hydrogen (secondary N) is 1. The lowest BCUT2D eigenvalue weighted by Crippen LogP contribution is -2.26. The Morgan fingerprint density at radius 2 is 2.16 bits per heavy atom. The van der Waals surface area contributed by atoms with E-state index in [4.69, 9.17) is 0 Å². The third-order valence-electron chi connectivity index (χ3n) is 2.53. The number of amides is 1. The number of benzene rings is 1. The molecule has 1 aromatic carbocycles. The maximum absolute atomic E-state index is 12.2. The maximum Gasteiger partial charge on any atom is 0.284 e. The molecule has 0 atom stereocenters. The molecule has 5 nitrogen and oxygen atoms in total. The standard InChI is InChI=1S/C12H13BrN4OS/c1-14-12-16-15-10(19-12)11(18)17(2)7-8-5-3-4-6-9(8)13/h3-6H,7H2,1-2H3,(H,14,16). The molecule has 1 N–H and O–H groups in total. The Kier molecular flexibility index (Phi) is 4.49. The van der Waals surface area contributed by atoms with Crippen molar-refractivity contribution in [1.82, 2.24) is 15.1 Å². The van der Waals surface area contributed by atoms with E-state index >= 15 is 0 Å². The summed E-state index contributed by atoms with van der Waals surface area (Å²) in [5.74, 6) is -0.130. The van der Waals surface area contributed by atoms with Gasteiger partial charge in [-0.1, -0.05) is 45.5 Å². The number of hydrogen-bond donors (Lipinski definition) is 1. The Hall–Kier alpha value is -1.47. The van der Waals surface area contributed by atoms with Gasteiger partial charge in [0.15, 0.2) is 0 Å². The SMILES string of the molecule is CNc1nnc(C(=O)N(C)Cc2ccccc2Br)s1. The van der Waals surface area contributed by atoms with Gasteiger partial charge < -0.3 is 10.2 Å². The summed E-state index contributed by atoms with van der Waals surface area (Å²) in [6, 6.07) is 7.83. The molecule has 0 saturated heterocycles. The van der Waals surface area contributed by atoms with Crippen molar-refractivity contribution in [2.45, 2.75) is 6.54 Å². The maximum atomic E-state index is 12.2. The highest BCUT2D eigenvalue weighted by molar-refractivity contribution is 9.10. The fourth-order valence-electron chi connectivity index (χ4n) is 1.53. The molecule has 1 amide bonds. The average molecular weight is 341 g/mol. The van der Waals surface area contributed by atoms with Crippen LogP contribution in [0.3, 0.4) is 0 Å². The summed E-state index contributed by atoms with van der Waals surface area (Å²) in [5, 5.41) is 11.6. The van der Waals surface area contributed by atoms with E-state index in [0.717, 1.165) is 10.0 Å². The molecule has 0 fully saturated rings. The van der Waals surface area contributed by atoms with Crippen LogP contribution < -0.4 is 5.32 Å². The first-order valence-electron chi connectivity index (χ1n) is 5.62. The molecule has 0 radical (unpaired) electrons. The van der Waals surface area contributed by atoms with Gasteiger partial charge in [0.2, 0.25) is 10.1 Å². The number of rotatable bonds is 4. The van der Waals surface area contributed by atoms with E-state index < -0.39 is 0 Å². The molecule has 100 valence electrons. The first-order chi connectivity index (χ1) is 9.11. The predicted molar refractivity (Wildman–Crippen MR) is 79.4 cm³/mol. The van der Waals surface area contributed by atoms with E-state index in [1.54, 1.807) is 19.0 Å². The Morgan fingerprint density at radius 1 is 1.42 bits per heavy atom. The molecule has 0 aliphatic heterocycles. The zero-order chi connectivity index (χ0) is 13.8. The largest absolute Gasteiger partial charge is 0.363 e. The van der Waals surface area contributed by atoms with Gasteiger partial charge in [0.05, 0.1) is 0 Å². The molecule has 7 heteroatoms. The normalized spacial score (nSPS) is 10.3. The highest BCUT2D eigenvalue weighted by Crippen LogP contribution is 2.20. The fourth-order valence-corrected chi connectivity index (χ4v) is 2.63. The van der Waals surface area contributed by atoms with Crippen LogP contribution >= 0.6 is 27.3 Å². The van der Waals surface area contributed by atoms with Crippen LogP contribution in [0.5, 0.6) is 0 Å². The van der Waals surface area contributed by atoms with Gasteiger partial charge >= 0.3 is 0 Å². The molecule has 0 saturated carbocycles. The third-order valence-corrected chi connectivity index (χ3v) is 4.24. The quantitative estimate of drug-likeness (QED) is 0.929. The first-order valence-corrected chi connectivity index (χ1v) is 7.23. The van der Waals surface area contributed by atoms with Crippen LogP contribution in [0, 0.1) is 0 Å². The van der Waals surface area contributed by atoms with Gasteiger partial charge in [-0.05, 0) is 11.6 Å². The van der Waals surface area contributed by atoms with Crippen molar-refractivity contribution >= 4 is 38.3 Å². The minimum Gasteiger partial charge on any atom is -0.363 e. The smallest absolute Gasteiger partial charge is 0.284 e. The Morgan fingerprint density at radius 3 is 2.79 bits per heavy atom. The van der Waals surface area contributed by atoms with Crippen molar-refractivity contribution in [3.8, 4) is 0 Å². The van der Waals surface area contributed by atoms with Crippen molar-refractivity contribution in [2.75, 3.05) is 19.4 Å². The first kappa shape index (κ1) is 14.0. The molecule has 0 spiro atoms. The number of hydrogen-bond acceptors (Lipinski definition) is 5. The summed E-state index contributed by atoms with van der Waals surface area (Å²) in [5.41, 5.74) is 1.05. The van der Waals surface area contributed by atoms with Crippen LogP contribution in [0.15, 0.2) is 28.7 Å². The molecular formula is C12H13BrN4OS. The van der Waals surface area contributed by atoms with Crippen LogP contribution in [-0.4, -0.2) is 35.1 Å². The monoisotopic (exact) mass is 340 g/mol. The van der Waals surface area contributed by atoms with Gasteiger partial charge in [0, 0.05) is 25.1 Å². The molecule has 0 unspecified atom stereocenters. The molecule has 1 heterocycles.